The van der Waals surface area contributed by atoms with Gasteiger partial charge in [-0.15, -0.1) is 0 Å². The maximum absolute atomic E-state index is 12.4. The largest absolute Gasteiger partial charge is 0.486 e. The van der Waals surface area contributed by atoms with Crippen LogP contribution >= 0.6 is 0 Å². The first-order valence-corrected chi connectivity index (χ1v) is 8.10. The monoisotopic (exact) mass is 341 g/mol. The summed E-state index contributed by atoms with van der Waals surface area (Å²) in [5, 5.41) is 11.7. The molecule has 2 N–H and O–H groups in total. The summed E-state index contributed by atoms with van der Waals surface area (Å²) in [6.45, 7) is 0.665. The number of aryl methyl sites for hydroxylation is 1. The van der Waals surface area contributed by atoms with Gasteiger partial charge in [0.05, 0.1) is 6.54 Å². The number of carboxylic acid groups (broad SMARTS) is 1. The molecule has 3 rings (SSSR count). The van der Waals surface area contributed by atoms with Crippen LogP contribution in [0, 0.1) is 0 Å². The number of carbonyl (C=O) groups is 2. The van der Waals surface area contributed by atoms with Crippen LogP contribution in [-0.4, -0.2) is 36.2 Å². The number of aliphatic carboxylic acids is 1. The number of para-hydroxylation sites is 2. The molecule has 2 aromatic rings. The molecule has 1 aliphatic rings. The Kier molecular flexibility index (Phi) is 5.18. The van der Waals surface area contributed by atoms with Gasteiger partial charge in [-0.3, -0.25) is 9.59 Å². The predicted molar refractivity (Wildman–Crippen MR) is 91.1 cm³/mol. The molecule has 0 saturated carbocycles. The average molecular weight is 341 g/mol. The van der Waals surface area contributed by atoms with Gasteiger partial charge in [-0.05, 0) is 30.2 Å². The van der Waals surface area contributed by atoms with E-state index in [0.717, 1.165) is 0 Å². The molecule has 0 saturated heterocycles. The lowest BCUT2D eigenvalue weighted by molar-refractivity contribution is -0.136. The van der Waals surface area contributed by atoms with Gasteiger partial charge >= 0.3 is 5.97 Å². The topological polar surface area (TPSA) is 84.9 Å². The zero-order valence-electron chi connectivity index (χ0n) is 13.6. The fraction of sp³-hybridized carbons (Fsp3) is 0.263. The van der Waals surface area contributed by atoms with Crippen LogP contribution in [0.25, 0.3) is 0 Å². The molecule has 1 heterocycles. The van der Waals surface area contributed by atoms with Gasteiger partial charge in [-0.2, -0.15) is 0 Å². The van der Waals surface area contributed by atoms with Crippen LogP contribution in [0.1, 0.15) is 22.3 Å². The number of fused-ring (bicyclic) bond motifs is 1. The summed E-state index contributed by atoms with van der Waals surface area (Å²) in [5.41, 5.74) is 1.20. The van der Waals surface area contributed by atoms with Gasteiger partial charge in [0.2, 0.25) is 0 Å². The van der Waals surface area contributed by atoms with E-state index in [0.29, 0.717) is 42.2 Å². The quantitative estimate of drug-likeness (QED) is 0.842. The normalized spacial score (nSPS) is 15.4. The molecular weight excluding hydrogens is 322 g/mol. The van der Waals surface area contributed by atoms with Crippen molar-refractivity contribution in [2.75, 3.05) is 13.2 Å². The van der Waals surface area contributed by atoms with Crippen molar-refractivity contribution in [1.29, 1.82) is 0 Å². The fourth-order valence-corrected chi connectivity index (χ4v) is 2.67. The number of nitrogens with one attached hydrogen (secondary N) is 1. The highest BCUT2D eigenvalue weighted by atomic mass is 16.6. The Morgan fingerprint density at radius 3 is 2.60 bits per heavy atom. The van der Waals surface area contributed by atoms with E-state index < -0.39 is 5.97 Å². The summed E-state index contributed by atoms with van der Waals surface area (Å²) in [7, 11) is 0. The van der Waals surface area contributed by atoms with E-state index in [1.54, 1.807) is 24.3 Å². The highest BCUT2D eigenvalue weighted by Crippen LogP contribution is 2.30. The Morgan fingerprint density at radius 2 is 1.80 bits per heavy atom. The van der Waals surface area contributed by atoms with Gasteiger partial charge in [0.25, 0.3) is 5.91 Å². The van der Waals surface area contributed by atoms with Gasteiger partial charge in [-0.1, -0.05) is 30.3 Å². The van der Waals surface area contributed by atoms with E-state index in [9.17, 15) is 9.59 Å². The molecule has 0 aromatic heterocycles. The molecule has 1 aliphatic heterocycles. The molecule has 0 bridgehead atoms. The molecule has 0 spiro atoms. The number of hydrogen-bond donors (Lipinski definition) is 2. The lowest BCUT2D eigenvalue weighted by Crippen LogP contribution is -2.40. The third-order valence-corrected chi connectivity index (χ3v) is 3.93. The molecule has 130 valence electrons. The van der Waals surface area contributed by atoms with Crippen LogP contribution in [-0.2, 0) is 11.2 Å². The summed E-state index contributed by atoms with van der Waals surface area (Å²) in [5.74, 6) is 0.226. The van der Waals surface area contributed by atoms with Crippen LogP contribution < -0.4 is 14.8 Å². The molecule has 1 unspecified atom stereocenters. The van der Waals surface area contributed by atoms with Crippen LogP contribution in [0.15, 0.2) is 48.5 Å². The summed E-state index contributed by atoms with van der Waals surface area (Å²) in [6, 6.07) is 14.4. The number of carboxylic acids is 1. The predicted octanol–water partition coefficient (Wildman–Crippen LogP) is 2.27. The molecule has 6 nitrogen and oxygen atoms in total. The van der Waals surface area contributed by atoms with E-state index >= 15 is 0 Å². The first kappa shape index (κ1) is 16.8. The maximum Gasteiger partial charge on any atom is 0.303 e. The highest BCUT2D eigenvalue weighted by Gasteiger charge is 2.21. The molecule has 0 radical (unpaired) electrons. The smallest absolute Gasteiger partial charge is 0.303 e. The number of amides is 1. The number of rotatable bonds is 6. The van der Waals surface area contributed by atoms with E-state index in [2.05, 4.69) is 5.32 Å². The van der Waals surface area contributed by atoms with Crippen molar-refractivity contribution in [2.24, 2.45) is 0 Å². The molecule has 1 atom stereocenters. The van der Waals surface area contributed by atoms with Gasteiger partial charge in [0.1, 0.15) is 12.7 Å². The summed E-state index contributed by atoms with van der Waals surface area (Å²) in [6.07, 6.45) is 0.0285. The average Bonchev–Trinajstić information content (AvgIpc) is 2.64. The van der Waals surface area contributed by atoms with E-state index in [1.807, 2.05) is 24.3 Å². The van der Waals surface area contributed by atoms with Crippen LogP contribution in [0.4, 0.5) is 0 Å². The van der Waals surface area contributed by atoms with Gasteiger partial charge in [0.15, 0.2) is 11.5 Å². The number of carbonyl (C=O) groups excluding carboxylic acids is 1. The van der Waals surface area contributed by atoms with Crippen LogP contribution in [0.5, 0.6) is 11.5 Å². The van der Waals surface area contributed by atoms with Crippen molar-refractivity contribution in [1.82, 2.24) is 5.32 Å². The Hall–Kier alpha value is -3.02. The molecule has 6 heteroatoms. The van der Waals surface area contributed by atoms with Crippen molar-refractivity contribution < 1.29 is 24.2 Å². The van der Waals surface area contributed by atoms with Gasteiger partial charge in [0, 0.05) is 12.0 Å². The molecule has 2 aromatic carbocycles. The third kappa shape index (κ3) is 4.29. The first-order chi connectivity index (χ1) is 12.1. The van der Waals surface area contributed by atoms with E-state index in [1.165, 1.54) is 0 Å². The van der Waals surface area contributed by atoms with Crippen molar-refractivity contribution in [3.8, 4) is 11.5 Å². The molecule has 0 fully saturated rings. The Labute approximate surface area is 145 Å². The Balaban J connectivity index is 1.59. The second kappa shape index (κ2) is 7.70. The SMILES string of the molecule is O=C(O)CCc1ccccc1C(=O)NCC1COc2ccccc2O1. The summed E-state index contributed by atoms with van der Waals surface area (Å²) >= 11 is 0. The standard InChI is InChI=1S/C19H19NO5/c21-18(22)10-9-13-5-1-2-6-15(13)19(23)20-11-14-12-24-16-7-3-4-8-17(16)25-14/h1-8,14H,9-12H2,(H,20,23)(H,21,22). The maximum atomic E-state index is 12.4. The van der Waals surface area contributed by atoms with Crippen molar-refractivity contribution in [3.63, 3.8) is 0 Å². The lowest BCUT2D eigenvalue weighted by Gasteiger charge is -2.26. The van der Waals surface area contributed by atoms with Gasteiger partial charge < -0.3 is 19.9 Å². The molecular formula is C19H19NO5. The Morgan fingerprint density at radius 1 is 1.08 bits per heavy atom. The minimum atomic E-state index is -0.887. The van der Waals surface area contributed by atoms with Crippen LogP contribution in [0.2, 0.25) is 0 Å². The first-order valence-electron chi connectivity index (χ1n) is 8.10. The van der Waals surface area contributed by atoms with Crippen LogP contribution in [0.3, 0.4) is 0 Å². The molecule has 0 aliphatic carbocycles. The third-order valence-electron chi connectivity index (χ3n) is 3.93. The zero-order valence-corrected chi connectivity index (χ0v) is 13.6. The van der Waals surface area contributed by atoms with Crippen molar-refractivity contribution >= 4 is 11.9 Å². The number of hydrogen-bond acceptors (Lipinski definition) is 4. The lowest BCUT2D eigenvalue weighted by atomic mass is 10.0. The molecule has 1 amide bonds. The Bertz CT molecular complexity index is 774. The second-order valence-corrected chi connectivity index (χ2v) is 5.76. The van der Waals surface area contributed by atoms with E-state index in [-0.39, 0.29) is 18.4 Å². The number of ether oxygens (including phenoxy) is 2. The van der Waals surface area contributed by atoms with Gasteiger partial charge in [-0.25, -0.2) is 0 Å². The minimum Gasteiger partial charge on any atom is -0.486 e. The highest BCUT2D eigenvalue weighted by molar-refractivity contribution is 5.95. The minimum absolute atomic E-state index is 0.0132. The number of benzene rings is 2. The second-order valence-electron chi connectivity index (χ2n) is 5.76. The summed E-state index contributed by atoms with van der Waals surface area (Å²) < 4.78 is 11.4. The van der Waals surface area contributed by atoms with Crippen molar-refractivity contribution in [2.45, 2.75) is 18.9 Å². The summed E-state index contributed by atoms with van der Waals surface area (Å²) in [4.78, 5) is 23.2. The fourth-order valence-electron chi connectivity index (χ4n) is 2.67. The molecule has 25 heavy (non-hydrogen) atoms. The van der Waals surface area contributed by atoms with Crippen molar-refractivity contribution in [3.05, 3.63) is 59.7 Å². The van der Waals surface area contributed by atoms with E-state index in [4.69, 9.17) is 14.6 Å². The zero-order chi connectivity index (χ0) is 17.6.